The first-order valence-corrected chi connectivity index (χ1v) is 15.7. The standard InChI is InChI=1S/C41H31F3N2O/c1-5-28-33(6-2)45(34-22-9-7-14-24(34)3)37-25(4)15-11-20-31(37)40(28)29-18-8-10-23-35(29)46-38-27(17-13-21-32(38)40)26-16-12-19-30(41(42,43)44)36(26)39(46)47/h5-23H,1-4H3. The highest BCUT2D eigenvalue weighted by atomic mass is 19.4. The number of fused-ring (bicyclic) bond motifs is 8. The molecule has 3 heterocycles. The smallest absolute Gasteiger partial charge is 0.310 e. The minimum Gasteiger partial charge on any atom is -0.310 e. The highest BCUT2D eigenvalue weighted by Gasteiger charge is 2.52. The van der Waals surface area contributed by atoms with Crippen molar-refractivity contribution in [3.8, 4) is 5.69 Å². The number of aromatic nitrogens is 1. The molecule has 47 heavy (non-hydrogen) atoms. The van der Waals surface area contributed by atoms with Crippen molar-refractivity contribution in [1.82, 2.24) is 4.57 Å². The first-order chi connectivity index (χ1) is 22.7. The van der Waals surface area contributed by atoms with E-state index in [2.05, 4.69) is 61.2 Å². The molecule has 8 rings (SSSR count). The number of pyridine rings is 1. The molecule has 1 aromatic heterocycles. The second-order valence-electron chi connectivity index (χ2n) is 12.3. The lowest BCUT2D eigenvalue weighted by Gasteiger charge is -2.51. The molecule has 0 radical (unpaired) electrons. The van der Waals surface area contributed by atoms with Crippen molar-refractivity contribution in [2.24, 2.45) is 0 Å². The lowest BCUT2D eigenvalue weighted by Crippen LogP contribution is -2.45. The van der Waals surface area contributed by atoms with Crippen LogP contribution in [0.5, 0.6) is 0 Å². The molecule has 0 fully saturated rings. The molecule has 0 aliphatic carbocycles. The van der Waals surface area contributed by atoms with Gasteiger partial charge in [-0.1, -0.05) is 97.1 Å². The summed E-state index contributed by atoms with van der Waals surface area (Å²) < 4.78 is 44.8. The Balaban J connectivity index is 1.63. The van der Waals surface area contributed by atoms with Gasteiger partial charge in [0, 0.05) is 16.8 Å². The lowest BCUT2D eigenvalue weighted by molar-refractivity contribution is -0.136. The molecule has 6 heteroatoms. The van der Waals surface area contributed by atoms with E-state index >= 15 is 0 Å². The van der Waals surface area contributed by atoms with Crippen molar-refractivity contribution >= 4 is 33.1 Å². The summed E-state index contributed by atoms with van der Waals surface area (Å²) in [7, 11) is 0. The summed E-state index contributed by atoms with van der Waals surface area (Å²) >= 11 is 0. The van der Waals surface area contributed by atoms with Crippen LogP contribution in [0, 0.1) is 13.8 Å². The zero-order chi connectivity index (χ0) is 32.8. The Bertz CT molecular complexity index is 2430. The number of benzene rings is 5. The van der Waals surface area contributed by atoms with E-state index in [4.69, 9.17) is 0 Å². The molecule has 1 atom stereocenters. The van der Waals surface area contributed by atoms with Crippen LogP contribution in [0.1, 0.15) is 47.2 Å². The molecular formula is C41H31F3N2O. The molecule has 1 spiro atoms. The molecule has 0 saturated heterocycles. The van der Waals surface area contributed by atoms with Gasteiger partial charge in [-0.3, -0.25) is 9.36 Å². The van der Waals surface area contributed by atoms with Crippen LogP contribution in [0.4, 0.5) is 24.5 Å². The Morgan fingerprint density at radius 3 is 2.00 bits per heavy atom. The van der Waals surface area contributed by atoms with E-state index < -0.39 is 22.7 Å². The summed E-state index contributed by atoms with van der Waals surface area (Å²) in [6, 6.07) is 32.2. The van der Waals surface area contributed by atoms with Crippen LogP contribution < -0.4 is 10.5 Å². The Hall–Kier alpha value is -5.36. The van der Waals surface area contributed by atoms with Crippen molar-refractivity contribution < 1.29 is 13.2 Å². The predicted octanol–water partition coefficient (Wildman–Crippen LogP) is 10.4. The molecule has 2 aliphatic heterocycles. The Morgan fingerprint density at radius 1 is 0.660 bits per heavy atom. The number of halogens is 3. The minimum absolute atomic E-state index is 0.294. The van der Waals surface area contributed by atoms with Crippen LogP contribution in [0.3, 0.4) is 0 Å². The number of anilines is 2. The molecule has 2 aliphatic rings. The van der Waals surface area contributed by atoms with Gasteiger partial charge in [-0.25, -0.2) is 0 Å². The van der Waals surface area contributed by atoms with Gasteiger partial charge in [0.15, 0.2) is 0 Å². The predicted molar refractivity (Wildman–Crippen MR) is 184 cm³/mol. The van der Waals surface area contributed by atoms with Gasteiger partial charge in [0.25, 0.3) is 5.56 Å². The van der Waals surface area contributed by atoms with Gasteiger partial charge in [-0.05, 0) is 84.7 Å². The Kier molecular flexibility index (Phi) is 6.23. The van der Waals surface area contributed by atoms with Crippen molar-refractivity contribution in [1.29, 1.82) is 0 Å². The summed E-state index contributed by atoms with van der Waals surface area (Å²) in [5.41, 5.74) is 7.82. The molecule has 232 valence electrons. The second-order valence-corrected chi connectivity index (χ2v) is 12.3. The van der Waals surface area contributed by atoms with Gasteiger partial charge >= 0.3 is 6.18 Å². The number of para-hydroxylation sites is 4. The SMILES string of the molecule is CC=C1C(=CC)C2(c3ccccc3-n3c(=O)c4c(C(F)(F)F)cccc4c4cccc2c43)c2cccc(C)c2N1c1ccccc1C. The topological polar surface area (TPSA) is 25.2 Å². The maximum atomic E-state index is 14.5. The van der Waals surface area contributed by atoms with E-state index in [9.17, 15) is 18.0 Å². The molecule has 0 saturated carbocycles. The molecule has 6 aromatic rings. The first-order valence-electron chi connectivity index (χ1n) is 15.7. The lowest BCUT2D eigenvalue weighted by atomic mass is 9.59. The van der Waals surface area contributed by atoms with Crippen molar-refractivity contribution in [3.63, 3.8) is 0 Å². The number of allylic oxidation sites excluding steroid dienone is 3. The fourth-order valence-electron chi connectivity index (χ4n) is 8.25. The fraction of sp³-hybridized carbons (Fsp3) is 0.146. The highest BCUT2D eigenvalue weighted by Crippen LogP contribution is 2.61. The summed E-state index contributed by atoms with van der Waals surface area (Å²) in [5, 5.41) is 0.578. The van der Waals surface area contributed by atoms with Gasteiger partial charge in [0.1, 0.15) is 0 Å². The molecular weight excluding hydrogens is 593 g/mol. The van der Waals surface area contributed by atoms with Crippen LogP contribution >= 0.6 is 0 Å². The molecule has 5 aromatic carbocycles. The van der Waals surface area contributed by atoms with Crippen LogP contribution in [-0.4, -0.2) is 4.57 Å². The number of hydrogen-bond acceptors (Lipinski definition) is 2. The van der Waals surface area contributed by atoms with Crippen molar-refractivity contribution in [3.05, 3.63) is 170 Å². The van der Waals surface area contributed by atoms with Crippen LogP contribution in [0.25, 0.3) is 27.4 Å². The summed E-state index contributed by atoms with van der Waals surface area (Å²) in [4.78, 5) is 16.9. The number of rotatable bonds is 1. The number of aryl methyl sites for hydroxylation is 2. The summed E-state index contributed by atoms with van der Waals surface area (Å²) in [6.45, 7) is 8.31. The maximum absolute atomic E-state index is 14.5. The quantitative estimate of drug-likeness (QED) is 0.170. The van der Waals surface area contributed by atoms with Crippen LogP contribution in [0.2, 0.25) is 0 Å². The first kappa shape index (κ1) is 29.1. The van der Waals surface area contributed by atoms with Gasteiger partial charge < -0.3 is 4.90 Å². The van der Waals surface area contributed by atoms with Gasteiger partial charge in [-0.2, -0.15) is 13.2 Å². The molecule has 3 nitrogen and oxygen atoms in total. The fourth-order valence-corrected chi connectivity index (χ4v) is 8.25. The average molecular weight is 625 g/mol. The molecule has 0 N–H and O–H groups in total. The molecule has 1 unspecified atom stereocenters. The number of alkyl halides is 3. The van der Waals surface area contributed by atoms with Crippen LogP contribution in [-0.2, 0) is 11.6 Å². The third-order valence-electron chi connectivity index (χ3n) is 9.99. The monoisotopic (exact) mass is 624 g/mol. The Labute approximate surface area is 270 Å². The average Bonchev–Trinajstić information content (AvgIpc) is 3.07. The van der Waals surface area contributed by atoms with E-state index in [1.807, 2.05) is 68.4 Å². The number of nitrogens with zero attached hydrogens (tertiary/aromatic N) is 2. The van der Waals surface area contributed by atoms with E-state index in [0.29, 0.717) is 22.0 Å². The normalized spacial score (nSPS) is 18.7. The molecule has 0 amide bonds. The Morgan fingerprint density at radius 2 is 1.28 bits per heavy atom. The number of hydrogen-bond donors (Lipinski definition) is 0. The summed E-state index contributed by atoms with van der Waals surface area (Å²) in [6.07, 6.45) is -0.401. The van der Waals surface area contributed by atoms with Crippen molar-refractivity contribution in [2.75, 3.05) is 4.90 Å². The van der Waals surface area contributed by atoms with Crippen LogP contribution in [0.15, 0.2) is 131 Å². The van der Waals surface area contributed by atoms with E-state index in [0.717, 1.165) is 56.5 Å². The van der Waals surface area contributed by atoms with Crippen molar-refractivity contribution in [2.45, 2.75) is 39.3 Å². The largest absolute Gasteiger partial charge is 0.417 e. The van der Waals surface area contributed by atoms with E-state index in [1.54, 1.807) is 6.07 Å². The zero-order valence-corrected chi connectivity index (χ0v) is 26.4. The second kappa shape index (κ2) is 10.1. The molecule has 0 bridgehead atoms. The zero-order valence-electron chi connectivity index (χ0n) is 26.4. The van der Waals surface area contributed by atoms with E-state index in [-0.39, 0.29) is 5.39 Å². The van der Waals surface area contributed by atoms with E-state index in [1.165, 1.54) is 10.6 Å². The summed E-state index contributed by atoms with van der Waals surface area (Å²) in [5.74, 6) is 0. The highest BCUT2D eigenvalue weighted by molar-refractivity contribution is 6.10. The maximum Gasteiger partial charge on any atom is 0.417 e. The third kappa shape index (κ3) is 3.67. The third-order valence-corrected chi connectivity index (χ3v) is 9.99. The van der Waals surface area contributed by atoms with Gasteiger partial charge in [0.05, 0.1) is 33.3 Å². The van der Waals surface area contributed by atoms with Gasteiger partial charge in [0.2, 0.25) is 0 Å². The van der Waals surface area contributed by atoms with Gasteiger partial charge in [-0.15, -0.1) is 0 Å². The minimum atomic E-state index is -4.69.